The Hall–Kier alpha value is -3.76. The number of carbonyl (C=O) groups excluding carboxylic acids is 5. The smallest absolute Gasteiger partial charge is 0.338 e. The number of benzene rings is 2. The number of carbonyl (C=O) groups is 5. The molecule has 2 aromatic carbocycles. The zero-order valence-corrected chi connectivity index (χ0v) is 20.2. The maximum atomic E-state index is 13.9. The first-order valence-electron chi connectivity index (χ1n) is 11.4. The fourth-order valence-corrected chi connectivity index (χ4v) is 5.75. The Balaban J connectivity index is 1.60. The normalized spacial score (nSPS) is 26.2. The Labute approximate surface area is 211 Å². The number of rotatable bonds is 5. The van der Waals surface area contributed by atoms with E-state index in [4.69, 9.17) is 22.1 Å². The van der Waals surface area contributed by atoms with Crippen molar-refractivity contribution in [1.82, 2.24) is 5.32 Å². The molecular formula is C25H23ClN4O6. The molecule has 4 atom stereocenters. The number of amides is 4. The number of nitrogens with one attached hydrogen (secondary N) is 2. The standard InChI is InChI=1S/C25H23ClN4O6/c1-3-36-23(34)12-4-6-13(7-5-12)30-21(32)18-16(10-17(27)31)29-25(19(18)22(30)33)14-8-9-15(26)11(2)20(14)28-24(25)35/h4-9,16,18-19,29H,3,10H2,1-2H3,(H2,27,31)(H,28,35)/t16-,18-,19+,25-/m1/s1. The zero-order valence-electron chi connectivity index (χ0n) is 19.5. The second kappa shape index (κ2) is 8.42. The van der Waals surface area contributed by atoms with Crippen LogP contribution in [0.3, 0.4) is 0 Å². The summed E-state index contributed by atoms with van der Waals surface area (Å²) < 4.78 is 4.98. The number of esters is 1. The van der Waals surface area contributed by atoms with E-state index in [0.29, 0.717) is 21.8 Å². The molecule has 0 bridgehead atoms. The summed E-state index contributed by atoms with van der Waals surface area (Å²) in [5.74, 6) is -5.00. The number of anilines is 2. The molecule has 0 unspecified atom stereocenters. The number of fused-ring (bicyclic) bond motifs is 4. The first-order chi connectivity index (χ1) is 17.1. The van der Waals surface area contributed by atoms with Gasteiger partial charge in [-0.2, -0.15) is 0 Å². The molecular weight excluding hydrogens is 488 g/mol. The first-order valence-corrected chi connectivity index (χ1v) is 11.8. The second-order valence-electron chi connectivity index (χ2n) is 9.06. The van der Waals surface area contributed by atoms with Crippen LogP contribution in [0.4, 0.5) is 11.4 Å². The monoisotopic (exact) mass is 510 g/mol. The Kier molecular flexibility index (Phi) is 5.60. The molecule has 2 saturated heterocycles. The van der Waals surface area contributed by atoms with Crippen molar-refractivity contribution in [2.24, 2.45) is 17.6 Å². The van der Waals surface area contributed by atoms with Gasteiger partial charge < -0.3 is 15.8 Å². The number of hydrogen-bond acceptors (Lipinski definition) is 7. The van der Waals surface area contributed by atoms with Gasteiger partial charge in [0.2, 0.25) is 23.6 Å². The minimum absolute atomic E-state index is 0.206. The number of nitrogens with zero attached hydrogens (tertiary/aromatic N) is 1. The van der Waals surface area contributed by atoms with Crippen LogP contribution in [0.2, 0.25) is 5.02 Å². The molecule has 1 spiro atoms. The number of halogens is 1. The Morgan fingerprint density at radius 3 is 2.44 bits per heavy atom. The zero-order chi connectivity index (χ0) is 25.9. The van der Waals surface area contributed by atoms with Gasteiger partial charge in [0.05, 0.1) is 35.4 Å². The van der Waals surface area contributed by atoms with Crippen molar-refractivity contribution >= 4 is 52.6 Å². The minimum atomic E-state index is -1.58. The van der Waals surface area contributed by atoms with E-state index in [9.17, 15) is 24.0 Å². The van der Waals surface area contributed by atoms with Crippen LogP contribution in [0.15, 0.2) is 36.4 Å². The van der Waals surface area contributed by atoms with Gasteiger partial charge in [-0.25, -0.2) is 9.69 Å². The van der Waals surface area contributed by atoms with Gasteiger partial charge in [-0.05, 0) is 49.7 Å². The van der Waals surface area contributed by atoms with Crippen LogP contribution in [-0.4, -0.2) is 42.2 Å². The van der Waals surface area contributed by atoms with Crippen molar-refractivity contribution in [1.29, 1.82) is 0 Å². The summed E-state index contributed by atoms with van der Waals surface area (Å²) in [6, 6.07) is 8.29. The second-order valence-corrected chi connectivity index (χ2v) is 9.47. The van der Waals surface area contributed by atoms with Crippen LogP contribution in [0, 0.1) is 18.8 Å². The molecule has 3 aliphatic heterocycles. The molecule has 186 valence electrons. The fourth-order valence-electron chi connectivity index (χ4n) is 5.60. The lowest BCUT2D eigenvalue weighted by atomic mass is 9.76. The highest BCUT2D eigenvalue weighted by atomic mass is 35.5. The van der Waals surface area contributed by atoms with Crippen LogP contribution in [-0.2, 0) is 29.5 Å². The van der Waals surface area contributed by atoms with Gasteiger partial charge in [-0.3, -0.25) is 24.5 Å². The number of primary amides is 1. The number of hydrogen-bond donors (Lipinski definition) is 3. The van der Waals surface area contributed by atoms with Crippen molar-refractivity contribution in [2.75, 3.05) is 16.8 Å². The van der Waals surface area contributed by atoms with Gasteiger partial charge in [0, 0.05) is 23.0 Å². The molecule has 0 aliphatic carbocycles. The fraction of sp³-hybridized carbons (Fsp3) is 0.320. The van der Waals surface area contributed by atoms with Crippen molar-refractivity contribution in [3.63, 3.8) is 0 Å². The third-order valence-corrected chi connectivity index (χ3v) is 7.55. The molecule has 2 aromatic rings. The summed E-state index contributed by atoms with van der Waals surface area (Å²) in [4.78, 5) is 65.9. The highest BCUT2D eigenvalue weighted by molar-refractivity contribution is 6.32. The highest BCUT2D eigenvalue weighted by Crippen LogP contribution is 2.55. The lowest BCUT2D eigenvalue weighted by molar-refractivity contribution is -0.130. The Morgan fingerprint density at radius 1 is 1.11 bits per heavy atom. The topological polar surface area (TPSA) is 148 Å². The maximum Gasteiger partial charge on any atom is 0.338 e. The summed E-state index contributed by atoms with van der Waals surface area (Å²) in [5.41, 5.74) is 5.96. The van der Waals surface area contributed by atoms with E-state index in [1.54, 1.807) is 26.0 Å². The molecule has 5 rings (SSSR count). The van der Waals surface area contributed by atoms with Crippen molar-refractivity contribution in [3.05, 3.63) is 58.1 Å². The van der Waals surface area contributed by atoms with Gasteiger partial charge in [0.1, 0.15) is 5.54 Å². The van der Waals surface area contributed by atoms with E-state index in [2.05, 4.69) is 10.6 Å². The molecule has 3 heterocycles. The van der Waals surface area contributed by atoms with E-state index in [1.165, 1.54) is 24.3 Å². The van der Waals surface area contributed by atoms with Crippen LogP contribution < -0.4 is 21.3 Å². The van der Waals surface area contributed by atoms with Crippen molar-refractivity contribution < 1.29 is 28.7 Å². The van der Waals surface area contributed by atoms with Gasteiger partial charge in [0.25, 0.3) is 0 Å². The molecule has 4 N–H and O–H groups in total. The van der Waals surface area contributed by atoms with Crippen LogP contribution in [0.25, 0.3) is 0 Å². The van der Waals surface area contributed by atoms with Gasteiger partial charge in [0.15, 0.2) is 0 Å². The Bertz CT molecular complexity index is 1340. The number of nitrogens with two attached hydrogens (primary N) is 1. The molecule has 2 fully saturated rings. The average molecular weight is 511 g/mol. The van der Waals surface area contributed by atoms with E-state index < -0.39 is 53.0 Å². The quantitative estimate of drug-likeness (QED) is 0.409. The molecule has 3 aliphatic rings. The SMILES string of the molecule is CCOC(=O)c1ccc(N2C(=O)[C@H]3[C@@H](C2=O)[C@@]2(N[C@@H]3CC(N)=O)C(=O)Nc3c2ccc(Cl)c3C)cc1. The molecule has 11 heteroatoms. The molecule has 0 saturated carbocycles. The first kappa shape index (κ1) is 24.0. The summed E-state index contributed by atoms with van der Waals surface area (Å²) in [7, 11) is 0. The number of imide groups is 1. The maximum absolute atomic E-state index is 13.9. The van der Waals surface area contributed by atoms with Crippen molar-refractivity contribution in [2.45, 2.75) is 31.8 Å². The largest absolute Gasteiger partial charge is 0.462 e. The lowest BCUT2D eigenvalue weighted by Gasteiger charge is -2.29. The molecule has 4 amide bonds. The highest BCUT2D eigenvalue weighted by Gasteiger charge is 2.70. The number of ether oxygens (including phenoxy) is 1. The van der Waals surface area contributed by atoms with Gasteiger partial charge in [-0.1, -0.05) is 17.7 Å². The third-order valence-electron chi connectivity index (χ3n) is 7.14. The summed E-state index contributed by atoms with van der Waals surface area (Å²) in [5, 5.41) is 6.39. The molecule has 0 radical (unpaired) electrons. The van der Waals surface area contributed by atoms with Gasteiger partial charge >= 0.3 is 5.97 Å². The summed E-state index contributed by atoms with van der Waals surface area (Å²) in [6.07, 6.45) is -0.243. The summed E-state index contributed by atoms with van der Waals surface area (Å²) in [6.45, 7) is 3.64. The van der Waals surface area contributed by atoms with E-state index in [-0.39, 0.29) is 24.3 Å². The van der Waals surface area contributed by atoms with Crippen LogP contribution in [0.1, 0.15) is 34.8 Å². The van der Waals surface area contributed by atoms with Crippen LogP contribution in [0.5, 0.6) is 0 Å². The summed E-state index contributed by atoms with van der Waals surface area (Å²) >= 11 is 6.26. The lowest BCUT2D eigenvalue weighted by Crippen LogP contribution is -2.53. The van der Waals surface area contributed by atoms with E-state index in [0.717, 1.165) is 4.90 Å². The predicted molar refractivity (Wildman–Crippen MR) is 129 cm³/mol. The third kappa shape index (κ3) is 3.25. The van der Waals surface area contributed by atoms with Crippen molar-refractivity contribution in [3.8, 4) is 0 Å². The average Bonchev–Trinajstić information content (AvgIpc) is 3.41. The molecule has 36 heavy (non-hydrogen) atoms. The van der Waals surface area contributed by atoms with E-state index >= 15 is 0 Å². The molecule has 10 nitrogen and oxygen atoms in total. The molecule has 0 aromatic heterocycles. The van der Waals surface area contributed by atoms with E-state index in [1.807, 2.05) is 0 Å². The minimum Gasteiger partial charge on any atom is -0.462 e. The predicted octanol–water partition coefficient (Wildman–Crippen LogP) is 1.63. The Morgan fingerprint density at radius 2 is 1.81 bits per heavy atom. The van der Waals surface area contributed by atoms with Gasteiger partial charge in [-0.15, -0.1) is 0 Å². The van der Waals surface area contributed by atoms with Crippen LogP contribution >= 0.6 is 11.6 Å².